The fraction of sp³-hybridized carbons (Fsp3) is 0.143. The van der Waals surface area contributed by atoms with Crippen molar-refractivity contribution in [3.63, 3.8) is 0 Å². The summed E-state index contributed by atoms with van der Waals surface area (Å²) in [7, 11) is 0. The number of halogens is 3. The topological polar surface area (TPSA) is 54.1 Å². The predicted molar refractivity (Wildman–Crippen MR) is 75.9 cm³/mol. The van der Waals surface area contributed by atoms with Crippen molar-refractivity contribution in [3.05, 3.63) is 58.4 Å². The van der Waals surface area contributed by atoms with Crippen LogP contribution in [0.3, 0.4) is 0 Å². The first kappa shape index (κ1) is 16.0. The van der Waals surface area contributed by atoms with Gasteiger partial charge in [0.25, 0.3) is 5.91 Å². The van der Waals surface area contributed by atoms with Crippen LogP contribution in [0.5, 0.6) is 5.75 Å². The van der Waals surface area contributed by atoms with Crippen molar-refractivity contribution >= 4 is 18.1 Å². The molecule has 0 saturated heterocycles. The van der Waals surface area contributed by atoms with Gasteiger partial charge in [0, 0.05) is 18.3 Å². The summed E-state index contributed by atoms with van der Waals surface area (Å²) >= 11 is 4.97. The molecule has 0 saturated carbocycles. The molecule has 2 N–H and O–H groups in total. The van der Waals surface area contributed by atoms with Crippen LogP contribution in [-0.2, 0) is 6.54 Å². The number of benzene rings is 1. The summed E-state index contributed by atoms with van der Waals surface area (Å²) < 4.78 is 41.1. The van der Waals surface area contributed by atoms with E-state index in [1.165, 1.54) is 24.3 Å². The largest absolute Gasteiger partial charge is 0.573 e. The zero-order chi connectivity index (χ0) is 16.2. The standard InChI is InChI=1S/C14H11F3N2O2S/c15-14(16,17)21-11-6-2-1-4-9(11)8-19-12(20)10-5-3-7-18-13(10)22/h1-7H,8H2,(H,18,22)(H,19,20). The smallest absolute Gasteiger partial charge is 0.405 e. The highest BCUT2D eigenvalue weighted by atomic mass is 32.1. The molecule has 0 unspecified atom stereocenters. The number of ether oxygens (including phenoxy) is 1. The first-order chi connectivity index (χ1) is 10.4. The number of nitrogens with one attached hydrogen (secondary N) is 2. The second kappa shape index (κ2) is 6.61. The quantitative estimate of drug-likeness (QED) is 0.844. The Bertz CT molecular complexity index is 728. The molecule has 2 rings (SSSR count). The molecule has 1 heterocycles. The average Bonchev–Trinajstić information content (AvgIpc) is 2.45. The van der Waals surface area contributed by atoms with E-state index in [0.29, 0.717) is 0 Å². The van der Waals surface area contributed by atoms with Crippen LogP contribution >= 0.6 is 12.2 Å². The summed E-state index contributed by atoms with van der Waals surface area (Å²) in [5.41, 5.74) is 0.450. The van der Waals surface area contributed by atoms with E-state index in [1.54, 1.807) is 18.3 Å². The van der Waals surface area contributed by atoms with E-state index in [1.807, 2.05) is 0 Å². The molecule has 116 valence electrons. The van der Waals surface area contributed by atoms with Crippen molar-refractivity contribution < 1.29 is 22.7 Å². The Morgan fingerprint density at radius 3 is 2.64 bits per heavy atom. The SMILES string of the molecule is O=C(NCc1ccccc1OC(F)(F)F)c1ccc[nH]c1=S. The molecule has 8 heteroatoms. The van der Waals surface area contributed by atoms with Gasteiger partial charge >= 0.3 is 6.36 Å². The minimum Gasteiger partial charge on any atom is -0.405 e. The van der Waals surface area contributed by atoms with Crippen molar-refractivity contribution in [2.75, 3.05) is 0 Å². The molecule has 0 radical (unpaired) electrons. The summed E-state index contributed by atoms with van der Waals surface area (Å²) in [6.45, 7) is -0.116. The van der Waals surface area contributed by atoms with Crippen molar-refractivity contribution in [1.82, 2.24) is 10.3 Å². The number of alkyl halides is 3. The van der Waals surface area contributed by atoms with E-state index in [2.05, 4.69) is 15.0 Å². The molecule has 2 aromatic rings. The number of rotatable bonds is 4. The fourth-order valence-electron chi connectivity index (χ4n) is 1.75. The number of aromatic nitrogens is 1. The van der Waals surface area contributed by atoms with Crippen LogP contribution in [0.4, 0.5) is 13.2 Å². The van der Waals surface area contributed by atoms with Gasteiger partial charge in [0.15, 0.2) is 0 Å². The number of para-hydroxylation sites is 1. The highest BCUT2D eigenvalue weighted by Gasteiger charge is 2.31. The van der Waals surface area contributed by atoms with Gasteiger partial charge in [-0.05, 0) is 18.2 Å². The normalized spacial score (nSPS) is 11.0. The Kier molecular flexibility index (Phi) is 4.81. The predicted octanol–water partition coefficient (Wildman–Crippen LogP) is 3.57. The first-order valence-electron chi connectivity index (χ1n) is 6.16. The van der Waals surface area contributed by atoms with Crippen molar-refractivity contribution in [1.29, 1.82) is 0 Å². The molecule has 1 amide bonds. The lowest BCUT2D eigenvalue weighted by Crippen LogP contribution is -2.24. The minimum absolute atomic E-state index is 0.116. The van der Waals surface area contributed by atoms with Crippen LogP contribution in [-0.4, -0.2) is 17.3 Å². The number of aromatic amines is 1. The van der Waals surface area contributed by atoms with Gasteiger partial charge in [-0.1, -0.05) is 30.4 Å². The lowest BCUT2D eigenvalue weighted by molar-refractivity contribution is -0.274. The Balaban J connectivity index is 2.11. The molecule has 0 aliphatic rings. The van der Waals surface area contributed by atoms with Crippen molar-refractivity contribution in [2.45, 2.75) is 12.9 Å². The van der Waals surface area contributed by atoms with Gasteiger partial charge in [-0.25, -0.2) is 0 Å². The van der Waals surface area contributed by atoms with E-state index in [-0.39, 0.29) is 28.1 Å². The minimum atomic E-state index is -4.79. The van der Waals surface area contributed by atoms with Crippen LogP contribution < -0.4 is 10.1 Å². The molecule has 22 heavy (non-hydrogen) atoms. The van der Waals surface area contributed by atoms with Gasteiger partial charge in [0.05, 0.1) is 5.56 Å². The summed E-state index contributed by atoms with van der Waals surface area (Å²) in [6, 6.07) is 8.72. The molecule has 0 bridgehead atoms. The maximum Gasteiger partial charge on any atom is 0.573 e. The molecular weight excluding hydrogens is 317 g/mol. The van der Waals surface area contributed by atoms with Crippen LogP contribution in [0.25, 0.3) is 0 Å². The Labute approximate surface area is 128 Å². The number of carbonyl (C=O) groups is 1. The van der Waals surface area contributed by atoms with Crippen molar-refractivity contribution in [3.8, 4) is 5.75 Å². The summed E-state index contributed by atoms with van der Waals surface area (Å²) in [5, 5.41) is 2.51. The summed E-state index contributed by atoms with van der Waals surface area (Å²) in [4.78, 5) is 14.7. The number of H-pyrrole nitrogens is 1. The molecule has 1 aromatic carbocycles. The molecule has 0 aliphatic carbocycles. The molecule has 1 aromatic heterocycles. The lowest BCUT2D eigenvalue weighted by Gasteiger charge is -2.13. The summed E-state index contributed by atoms with van der Waals surface area (Å²) in [5.74, 6) is -0.836. The van der Waals surface area contributed by atoms with Gasteiger partial charge in [0.2, 0.25) is 0 Å². The van der Waals surface area contributed by atoms with Gasteiger partial charge in [-0.2, -0.15) is 0 Å². The van der Waals surface area contributed by atoms with Crippen molar-refractivity contribution in [2.24, 2.45) is 0 Å². The molecule has 0 atom stereocenters. The van der Waals surface area contributed by atoms with E-state index < -0.39 is 12.3 Å². The van der Waals surface area contributed by atoms with E-state index >= 15 is 0 Å². The molecule has 0 spiro atoms. The third kappa shape index (κ3) is 4.32. The number of carbonyl (C=O) groups excluding carboxylic acids is 1. The maximum atomic E-state index is 12.3. The number of pyridine rings is 1. The maximum absolute atomic E-state index is 12.3. The highest BCUT2D eigenvalue weighted by Crippen LogP contribution is 2.26. The van der Waals surface area contributed by atoms with Crippen LogP contribution in [0, 0.1) is 4.64 Å². The Hall–Kier alpha value is -2.35. The zero-order valence-corrected chi connectivity index (χ0v) is 11.9. The van der Waals surface area contributed by atoms with Gasteiger partial charge in [0.1, 0.15) is 10.4 Å². The van der Waals surface area contributed by atoms with Crippen LogP contribution in [0.15, 0.2) is 42.6 Å². The molecule has 4 nitrogen and oxygen atoms in total. The lowest BCUT2D eigenvalue weighted by atomic mass is 10.2. The average molecular weight is 328 g/mol. The van der Waals surface area contributed by atoms with Gasteiger partial charge in [-0.15, -0.1) is 13.2 Å². The number of hydrogen-bond donors (Lipinski definition) is 2. The molecule has 0 fully saturated rings. The van der Waals surface area contributed by atoms with Gasteiger partial charge < -0.3 is 15.0 Å². The number of amides is 1. The third-order valence-corrected chi connectivity index (χ3v) is 3.04. The first-order valence-corrected chi connectivity index (χ1v) is 6.57. The van der Waals surface area contributed by atoms with Crippen LogP contribution in [0.2, 0.25) is 0 Å². The summed E-state index contributed by atoms with van der Waals surface area (Å²) in [6.07, 6.45) is -3.21. The van der Waals surface area contributed by atoms with E-state index in [9.17, 15) is 18.0 Å². The Morgan fingerprint density at radius 1 is 1.23 bits per heavy atom. The van der Waals surface area contributed by atoms with Crippen LogP contribution in [0.1, 0.15) is 15.9 Å². The molecular formula is C14H11F3N2O2S. The third-order valence-electron chi connectivity index (χ3n) is 2.70. The number of hydrogen-bond acceptors (Lipinski definition) is 3. The fourth-order valence-corrected chi connectivity index (χ4v) is 1.97. The highest BCUT2D eigenvalue weighted by molar-refractivity contribution is 7.71. The van der Waals surface area contributed by atoms with E-state index in [0.717, 1.165) is 0 Å². The molecule has 0 aliphatic heterocycles. The second-order valence-electron chi connectivity index (χ2n) is 4.25. The second-order valence-corrected chi connectivity index (χ2v) is 4.66. The monoisotopic (exact) mass is 328 g/mol. The zero-order valence-electron chi connectivity index (χ0n) is 11.1. The van der Waals surface area contributed by atoms with E-state index in [4.69, 9.17) is 12.2 Å². The van der Waals surface area contributed by atoms with Gasteiger partial charge in [-0.3, -0.25) is 4.79 Å². The Morgan fingerprint density at radius 2 is 1.95 bits per heavy atom.